The summed E-state index contributed by atoms with van der Waals surface area (Å²) in [7, 11) is 1.65. The summed E-state index contributed by atoms with van der Waals surface area (Å²) in [5, 5.41) is 1.55. The molecule has 5 rings (SSSR count). The van der Waals surface area contributed by atoms with Crippen LogP contribution in [0.2, 0.25) is 0 Å². The monoisotopic (exact) mass is 462 g/mol. The molecule has 2 aromatic carbocycles. The van der Waals surface area contributed by atoms with Crippen LogP contribution in [0.5, 0.6) is 5.75 Å². The molecule has 6 heteroatoms. The van der Waals surface area contributed by atoms with Gasteiger partial charge in [0, 0.05) is 10.6 Å². The Bertz CT molecular complexity index is 1340. The number of rotatable bonds is 6. The van der Waals surface area contributed by atoms with Gasteiger partial charge in [-0.05, 0) is 66.1 Å². The fourth-order valence-electron chi connectivity index (χ4n) is 4.20. The minimum atomic E-state index is 0.0316. The van der Waals surface area contributed by atoms with Gasteiger partial charge in [-0.1, -0.05) is 49.9 Å². The summed E-state index contributed by atoms with van der Waals surface area (Å²) in [6.07, 6.45) is 2.92. The molecule has 0 bridgehead atoms. The molecule has 1 aliphatic carbocycles. The van der Waals surface area contributed by atoms with E-state index >= 15 is 0 Å². The SMILES string of the molecule is COc1ccc(-n2c(SCCC(C)C)nc3sc4c(c3c2=O)CCc2ccccc2-4)cc1. The third kappa shape index (κ3) is 3.76. The Labute approximate surface area is 196 Å². The molecule has 32 heavy (non-hydrogen) atoms. The molecule has 0 atom stereocenters. The average Bonchev–Trinajstić information content (AvgIpc) is 3.18. The van der Waals surface area contributed by atoms with Crippen molar-refractivity contribution in [2.75, 3.05) is 12.9 Å². The van der Waals surface area contributed by atoms with Gasteiger partial charge in [0.05, 0.1) is 18.2 Å². The minimum Gasteiger partial charge on any atom is -0.497 e. The first-order valence-electron chi connectivity index (χ1n) is 11.0. The first-order chi connectivity index (χ1) is 15.6. The van der Waals surface area contributed by atoms with Crippen LogP contribution in [0.3, 0.4) is 0 Å². The van der Waals surface area contributed by atoms with Crippen LogP contribution >= 0.6 is 23.1 Å². The number of aryl methyl sites for hydroxylation is 2. The fraction of sp³-hybridized carbons (Fsp3) is 0.308. The molecule has 0 N–H and O–H groups in total. The topological polar surface area (TPSA) is 44.1 Å². The summed E-state index contributed by atoms with van der Waals surface area (Å²) in [6, 6.07) is 16.2. The van der Waals surface area contributed by atoms with Gasteiger partial charge >= 0.3 is 0 Å². The summed E-state index contributed by atoms with van der Waals surface area (Å²) in [4.78, 5) is 21.0. The molecular weight excluding hydrogens is 436 g/mol. The van der Waals surface area contributed by atoms with Gasteiger partial charge in [-0.2, -0.15) is 0 Å². The van der Waals surface area contributed by atoms with Gasteiger partial charge in [0.2, 0.25) is 0 Å². The fourth-order valence-corrected chi connectivity index (χ4v) is 6.78. The Morgan fingerprint density at radius 2 is 1.91 bits per heavy atom. The largest absolute Gasteiger partial charge is 0.497 e. The van der Waals surface area contributed by atoms with E-state index in [4.69, 9.17) is 9.72 Å². The first kappa shape index (κ1) is 21.3. The van der Waals surface area contributed by atoms with E-state index in [0.717, 1.165) is 57.4 Å². The number of aromatic nitrogens is 2. The quantitative estimate of drug-likeness (QED) is 0.247. The summed E-state index contributed by atoms with van der Waals surface area (Å²) in [6.45, 7) is 4.44. The summed E-state index contributed by atoms with van der Waals surface area (Å²) < 4.78 is 7.11. The lowest BCUT2D eigenvalue weighted by atomic mass is 9.90. The maximum Gasteiger partial charge on any atom is 0.267 e. The highest BCUT2D eigenvalue weighted by Crippen LogP contribution is 2.42. The molecule has 4 aromatic rings. The van der Waals surface area contributed by atoms with Gasteiger partial charge in [-0.25, -0.2) is 4.98 Å². The number of ether oxygens (including phenoxy) is 1. The molecule has 2 heterocycles. The number of benzene rings is 2. The van der Waals surface area contributed by atoms with Crippen molar-refractivity contribution in [2.24, 2.45) is 5.92 Å². The van der Waals surface area contributed by atoms with Crippen LogP contribution in [-0.2, 0) is 12.8 Å². The summed E-state index contributed by atoms with van der Waals surface area (Å²) >= 11 is 3.33. The smallest absolute Gasteiger partial charge is 0.267 e. The maximum atomic E-state index is 13.9. The molecule has 1 aliphatic rings. The molecule has 2 aromatic heterocycles. The molecule has 0 fully saturated rings. The third-order valence-corrected chi connectivity index (χ3v) is 8.09. The van der Waals surface area contributed by atoms with Crippen LogP contribution in [-0.4, -0.2) is 22.4 Å². The van der Waals surface area contributed by atoms with Crippen LogP contribution < -0.4 is 10.3 Å². The second kappa shape index (κ2) is 8.75. The Balaban J connectivity index is 1.71. The van der Waals surface area contributed by atoms with Crippen molar-refractivity contribution in [1.82, 2.24) is 9.55 Å². The number of thiophene rings is 1. The Kier molecular flexibility index (Phi) is 5.82. The first-order valence-corrected chi connectivity index (χ1v) is 12.8. The van der Waals surface area contributed by atoms with Gasteiger partial charge in [0.15, 0.2) is 5.16 Å². The Morgan fingerprint density at radius 3 is 2.66 bits per heavy atom. The van der Waals surface area contributed by atoms with Crippen molar-refractivity contribution in [1.29, 1.82) is 0 Å². The lowest BCUT2D eigenvalue weighted by Gasteiger charge is -2.16. The normalized spacial score (nSPS) is 12.8. The number of hydrogen-bond acceptors (Lipinski definition) is 5. The lowest BCUT2D eigenvalue weighted by molar-refractivity contribution is 0.414. The number of thioether (sulfide) groups is 1. The molecular formula is C26H26N2O2S2. The highest BCUT2D eigenvalue weighted by Gasteiger charge is 2.25. The average molecular weight is 463 g/mol. The molecule has 0 amide bonds. The number of fused-ring (bicyclic) bond motifs is 5. The second-order valence-corrected chi connectivity index (χ2v) is 10.6. The molecule has 0 saturated heterocycles. The van der Waals surface area contributed by atoms with E-state index in [1.165, 1.54) is 16.0 Å². The molecule has 0 radical (unpaired) electrons. The van der Waals surface area contributed by atoms with Crippen LogP contribution in [0.25, 0.3) is 26.3 Å². The van der Waals surface area contributed by atoms with Crippen molar-refractivity contribution in [3.05, 3.63) is 70.0 Å². The highest BCUT2D eigenvalue weighted by atomic mass is 32.2. The zero-order valence-corrected chi connectivity index (χ0v) is 20.2. The molecule has 4 nitrogen and oxygen atoms in total. The second-order valence-electron chi connectivity index (χ2n) is 8.51. The van der Waals surface area contributed by atoms with Crippen LogP contribution in [0.4, 0.5) is 0 Å². The van der Waals surface area contributed by atoms with E-state index in [2.05, 4.69) is 38.1 Å². The van der Waals surface area contributed by atoms with Crippen LogP contribution in [0.1, 0.15) is 31.4 Å². The lowest BCUT2D eigenvalue weighted by Crippen LogP contribution is -2.22. The predicted octanol–water partition coefficient (Wildman–Crippen LogP) is 6.36. The van der Waals surface area contributed by atoms with E-state index in [0.29, 0.717) is 5.92 Å². The summed E-state index contributed by atoms with van der Waals surface area (Å²) in [5.74, 6) is 2.31. The molecule has 0 unspecified atom stereocenters. The van der Waals surface area contributed by atoms with Crippen LogP contribution in [0.15, 0.2) is 58.5 Å². The van der Waals surface area contributed by atoms with Gasteiger partial charge in [-0.15, -0.1) is 11.3 Å². The zero-order valence-electron chi connectivity index (χ0n) is 18.6. The Morgan fingerprint density at radius 1 is 1.12 bits per heavy atom. The van der Waals surface area contributed by atoms with Crippen molar-refractivity contribution in [3.8, 4) is 21.9 Å². The van der Waals surface area contributed by atoms with Crippen LogP contribution in [0, 0.1) is 5.92 Å². The molecule has 0 spiro atoms. The minimum absolute atomic E-state index is 0.0316. The van der Waals surface area contributed by atoms with Gasteiger partial charge in [0.1, 0.15) is 10.6 Å². The third-order valence-electron chi connectivity index (χ3n) is 5.96. The van der Waals surface area contributed by atoms with E-state index in [1.807, 2.05) is 24.3 Å². The molecule has 0 saturated carbocycles. The Hall–Kier alpha value is -2.57. The van der Waals surface area contributed by atoms with E-state index in [-0.39, 0.29) is 5.56 Å². The number of hydrogen-bond donors (Lipinski definition) is 0. The van der Waals surface area contributed by atoms with Gasteiger partial charge < -0.3 is 4.74 Å². The number of nitrogens with zero attached hydrogens (tertiary/aromatic N) is 2. The number of methoxy groups -OCH3 is 1. The van der Waals surface area contributed by atoms with E-state index in [9.17, 15) is 4.79 Å². The summed E-state index contributed by atoms with van der Waals surface area (Å²) in [5.41, 5.74) is 4.62. The zero-order chi connectivity index (χ0) is 22.2. The highest BCUT2D eigenvalue weighted by molar-refractivity contribution is 7.99. The predicted molar refractivity (Wildman–Crippen MR) is 135 cm³/mol. The molecule has 164 valence electrons. The van der Waals surface area contributed by atoms with Crippen molar-refractivity contribution >= 4 is 33.3 Å². The van der Waals surface area contributed by atoms with E-state index in [1.54, 1.807) is 34.8 Å². The standard InChI is InChI=1S/C26H26N2O2S2/c1-16(2)14-15-31-26-27-24-22(25(29)28(26)18-9-11-19(30-3)12-10-18)21-13-8-17-6-4-5-7-20(17)23(21)32-24/h4-7,9-12,16H,8,13-15H2,1-3H3. The van der Waals surface area contributed by atoms with E-state index < -0.39 is 0 Å². The van der Waals surface area contributed by atoms with Crippen molar-refractivity contribution in [2.45, 2.75) is 38.3 Å². The van der Waals surface area contributed by atoms with Gasteiger partial charge in [-0.3, -0.25) is 9.36 Å². The van der Waals surface area contributed by atoms with Crippen molar-refractivity contribution in [3.63, 3.8) is 0 Å². The molecule has 0 aliphatic heterocycles. The van der Waals surface area contributed by atoms with Crippen molar-refractivity contribution < 1.29 is 4.74 Å². The van der Waals surface area contributed by atoms with Gasteiger partial charge in [0.25, 0.3) is 5.56 Å². The maximum absolute atomic E-state index is 13.9.